The third-order valence-corrected chi connectivity index (χ3v) is 4.77. The second-order valence-electron chi connectivity index (χ2n) is 7.26. The van der Waals surface area contributed by atoms with Gasteiger partial charge in [0.15, 0.2) is 0 Å². The number of hydrogen-bond donors (Lipinski definition) is 1. The van der Waals surface area contributed by atoms with Crippen LogP contribution in [0.1, 0.15) is 0 Å². The number of halogens is 21. The number of allylic oxidation sites excluding steroid dienone is 1. The molecule has 0 amide bonds. The lowest BCUT2D eigenvalue weighted by atomic mass is 9.86. The van der Waals surface area contributed by atoms with E-state index in [2.05, 4.69) is 0 Å². The molecule has 2 nitrogen and oxygen atoms in total. The van der Waals surface area contributed by atoms with Gasteiger partial charge in [-0.05, 0) is 0 Å². The Kier molecular flexibility index (Phi) is 8.82. The van der Waals surface area contributed by atoms with Gasteiger partial charge in [-0.25, -0.2) is 0 Å². The standard InChI is InChI=1S/C15H10F21NO/c1-5(37(2)3-4-38)6(16,17)7(18,19)8(20,21)9(22,23)10(24,25)11(26,27)12(28,29)13(30,31)14(32,33)15(34,35)36/h38H,1,3-4H2,2H3. The highest BCUT2D eigenvalue weighted by Gasteiger charge is 2.98. The van der Waals surface area contributed by atoms with Crippen molar-refractivity contribution < 1.29 is 97.3 Å². The Hall–Kier alpha value is -1.97. The summed E-state index contributed by atoms with van der Waals surface area (Å²) < 4.78 is 279. The Labute approximate surface area is 195 Å². The number of nitrogens with zero attached hydrogens (tertiary/aromatic N) is 1. The molecule has 0 saturated carbocycles. The van der Waals surface area contributed by atoms with E-state index in [0.29, 0.717) is 0 Å². The van der Waals surface area contributed by atoms with E-state index < -0.39 is 83.2 Å². The first-order valence-corrected chi connectivity index (χ1v) is 8.63. The molecule has 0 aliphatic heterocycles. The van der Waals surface area contributed by atoms with Gasteiger partial charge in [0.2, 0.25) is 0 Å². The van der Waals surface area contributed by atoms with Crippen molar-refractivity contribution in [1.82, 2.24) is 4.90 Å². The van der Waals surface area contributed by atoms with Crippen molar-refractivity contribution in [3.8, 4) is 0 Å². The smallest absolute Gasteiger partial charge is 0.395 e. The number of likely N-dealkylation sites (N-methyl/N-ethyl adjacent to an activating group) is 1. The molecule has 0 saturated heterocycles. The van der Waals surface area contributed by atoms with Crippen LogP contribution in [0.15, 0.2) is 12.3 Å². The Morgan fingerprint density at radius 2 is 0.737 bits per heavy atom. The highest BCUT2D eigenvalue weighted by atomic mass is 19.4. The lowest BCUT2D eigenvalue weighted by Crippen LogP contribution is -2.77. The molecule has 0 aromatic carbocycles. The summed E-state index contributed by atoms with van der Waals surface area (Å²) in [4.78, 5) is -0.414. The van der Waals surface area contributed by atoms with Gasteiger partial charge in [-0.1, -0.05) is 6.58 Å². The van der Waals surface area contributed by atoms with Crippen LogP contribution in [0, 0.1) is 0 Å². The molecule has 23 heteroatoms. The van der Waals surface area contributed by atoms with Crippen LogP contribution in [0.2, 0.25) is 0 Å². The maximum atomic E-state index is 13.9. The molecule has 0 aromatic heterocycles. The van der Waals surface area contributed by atoms with E-state index in [0.717, 1.165) is 0 Å². The molecular weight excluding hydrogens is 609 g/mol. The average molecular weight is 619 g/mol. The maximum Gasteiger partial charge on any atom is 0.460 e. The van der Waals surface area contributed by atoms with E-state index >= 15 is 0 Å². The average Bonchev–Trinajstić information content (AvgIpc) is 2.71. The Morgan fingerprint density at radius 1 is 0.500 bits per heavy atom. The fraction of sp³-hybridized carbons (Fsp3) is 0.867. The molecule has 0 unspecified atom stereocenters. The van der Waals surface area contributed by atoms with Gasteiger partial charge in [0.05, 0.1) is 12.3 Å². The SMILES string of the molecule is C=C(N(C)CCO)C(F)(F)C(F)(F)C(F)(F)C(F)(F)C(F)(F)C(F)(F)C(F)(F)C(F)(F)C(F)(F)C(F)(F)F. The molecule has 38 heavy (non-hydrogen) atoms. The van der Waals surface area contributed by atoms with Crippen molar-refractivity contribution in [3.05, 3.63) is 12.3 Å². The molecule has 0 fully saturated rings. The van der Waals surface area contributed by atoms with E-state index in [1.54, 1.807) is 0 Å². The van der Waals surface area contributed by atoms with Crippen LogP contribution < -0.4 is 0 Å². The minimum atomic E-state index is -9.21. The quantitative estimate of drug-likeness (QED) is 0.246. The summed E-state index contributed by atoms with van der Waals surface area (Å²) in [5.41, 5.74) is -2.73. The second-order valence-corrected chi connectivity index (χ2v) is 7.26. The summed E-state index contributed by atoms with van der Waals surface area (Å²) in [6, 6.07) is 0. The summed E-state index contributed by atoms with van der Waals surface area (Å²) in [5, 5.41) is 8.47. The zero-order valence-electron chi connectivity index (χ0n) is 17.5. The minimum absolute atomic E-state index is 0.199. The summed E-state index contributed by atoms with van der Waals surface area (Å²) in [6.07, 6.45) is -8.02. The summed E-state index contributed by atoms with van der Waals surface area (Å²) in [6.45, 7) is -0.545. The third kappa shape index (κ3) is 4.38. The molecule has 0 rings (SSSR count). The molecule has 228 valence electrons. The fourth-order valence-electron chi connectivity index (χ4n) is 2.26. The molecular formula is C15H10F21NO. The lowest BCUT2D eigenvalue weighted by molar-refractivity contribution is -0.473. The van der Waals surface area contributed by atoms with Crippen LogP contribution in [-0.4, -0.2) is 89.7 Å². The third-order valence-electron chi connectivity index (χ3n) is 4.77. The van der Waals surface area contributed by atoms with E-state index in [-0.39, 0.29) is 7.05 Å². The first-order chi connectivity index (χ1) is 16.1. The minimum Gasteiger partial charge on any atom is -0.395 e. The number of aliphatic hydroxyl groups is 1. The van der Waals surface area contributed by atoms with Crippen molar-refractivity contribution in [1.29, 1.82) is 0 Å². The van der Waals surface area contributed by atoms with Gasteiger partial charge < -0.3 is 10.0 Å². The van der Waals surface area contributed by atoms with Gasteiger partial charge in [0.1, 0.15) is 0 Å². The first kappa shape index (κ1) is 36.0. The summed E-state index contributed by atoms with van der Waals surface area (Å²) in [5.74, 6) is -77.6. The number of rotatable bonds is 12. The molecule has 0 bridgehead atoms. The van der Waals surface area contributed by atoms with E-state index in [4.69, 9.17) is 5.11 Å². The van der Waals surface area contributed by atoms with Crippen LogP contribution in [0.5, 0.6) is 0 Å². The van der Waals surface area contributed by atoms with Crippen LogP contribution in [-0.2, 0) is 0 Å². The zero-order chi connectivity index (χ0) is 31.6. The first-order valence-electron chi connectivity index (χ1n) is 8.63. The van der Waals surface area contributed by atoms with Crippen LogP contribution in [0.3, 0.4) is 0 Å². The highest BCUT2D eigenvalue weighted by Crippen LogP contribution is 2.66. The zero-order valence-corrected chi connectivity index (χ0v) is 17.5. The Balaban J connectivity index is 7.10. The van der Waals surface area contributed by atoms with E-state index in [9.17, 15) is 92.2 Å². The number of alkyl halides is 21. The number of hydrogen-bond acceptors (Lipinski definition) is 2. The predicted molar refractivity (Wildman–Crippen MR) is 79.4 cm³/mol. The predicted octanol–water partition coefficient (Wildman–Crippen LogP) is 6.70. The van der Waals surface area contributed by atoms with Crippen molar-refractivity contribution in [2.24, 2.45) is 0 Å². The molecule has 0 aliphatic rings. The van der Waals surface area contributed by atoms with Crippen molar-refractivity contribution in [2.75, 3.05) is 20.2 Å². The van der Waals surface area contributed by atoms with Gasteiger partial charge >= 0.3 is 59.5 Å². The van der Waals surface area contributed by atoms with Crippen LogP contribution >= 0.6 is 0 Å². The fourth-order valence-corrected chi connectivity index (χ4v) is 2.26. The molecule has 1 N–H and O–H groups in total. The summed E-state index contributed by atoms with van der Waals surface area (Å²) >= 11 is 0. The normalized spacial score (nSPS) is 16.1. The monoisotopic (exact) mass is 619 g/mol. The van der Waals surface area contributed by atoms with Crippen molar-refractivity contribution in [3.63, 3.8) is 0 Å². The van der Waals surface area contributed by atoms with Gasteiger partial charge in [0, 0.05) is 13.6 Å². The van der Waals surface area contributed by atoms with Crippen LogP contribution in [0.25, 0.3) is 0 Å². The Bertz CT molecular complexity index is 872. The molecule has 0 aliphatic carbocycles. The molecule has 0 aromatic rings. The van der Waals surface area contributed by atoms with Crippen molar-refractivity contribution in [2.45, 2.75) is 59.5 Å². The largest absolute Gasteiger partial charge is 0.460 e. The van der Waals surface area contributed by atoms with Gasteiger partial charge in [0.25, 0.3) is 0 Å². The molecule has 0 heterocycles. The van der Waals surface area contributed by atoms with Crippen LogP contribution in [0.4, 0.5) is 92.2 Å². The molecule has 0 radical (unpaired) electrons. The lowest BCUT2D eigenvalue weighted by Gasteiger charge is -2.45. The topological polar surface area (TPSA) is 23.5 Å². The van der Waals surface area contributed by atoms with Gasteiger partial charge in [-0.2, -0.15) is 92.2 Å². The molecule has 0 atom stereocenters. The highest BCUT2D eigenvalue weighted by molar-refractivity contribution is 5.22. The van der Waals surface area contributed by atoms with Gasteiger partial charge in [-0.15, -0.1) is 0 Å². The van der Waals surface area contributed by atoms with Crippen molar-refractivity contribution >= 4 is 0 Å². The summed E-state index contributed by atoms with van der Waals surface area (Å²) in [7, 11) is 0.199. The second kappa shape index (κ2) is 9.30. The maximum absolute atomic E-state index is 13.9. The molecule has 0 spiro atoms. The van der Waals surface area contributed by atoms with Gasteiger partial charge in [-0.3, -0.25) is 0 Å². The van der Waals surface area contributed by atoms with E-state index in [1.165, 1.54) is 0 Å². The van der Waals surface area contributed by atoms with E-state index in [1.807, 2.05) is 6.58 Å². The number of aliphatic hydroxyl groups excluding tert-OH is 1. The Morgan fingerprint density at radius 3 is 0.974 bits per heavy atom.